The molecule has 1 heterocycles. The Hall–Kier alpha value is -2.89. The Morgan fingerprint density at radius 3 is 2.52 bits per heavy atom. The van der Waals surface area contributed by atoms with Crippen LogP contribution in [0.1, 0.15) is 23.6 Å². The highest BCUT2D eigenvalue weighted by molar-refractivity contribution is 5.84. The lowest BCUT2D eigenvalue weighted by atomic mass is 10.1. The summed E-state index contributed by atoms with van der Waals surface area (Å²) in [6.07, 6.45) is 1.63. The lowest BCUT2D eigenvalue weighted by Crippen LogP contribution is -2.34. The van der Waals surface area contributed by atoms with E-state index in [2.05, 4.69) is 5.32 Å². The van der Waals surface area contributed by atoms with Gasteiger partial charge in [-0.05, 0) is 18.6 Å². The van der Waals surface area contributed by atoms with E-state index in [1.165, 1.54) is 4.57 Å². The average Bonchev–Trinajstić information content (AvgIpc) is 2.54. The van der Waals surface area contributed by atoms with Gasteiger partial charge in [-0.25, -0.2) is 4.79 Å². The minimum atomic E-state index is -1.13. The number of rotatable bonds is 6. The lowest BCUT2D eigenvalue weighted by molar-refractivity contribution is -0.142. The van der Waals surface area contributed by atoms with Crippen molar-refractivity contribution in [1.29, 1.82) is 0 Å². The Labute approximate surface area is 133 Å². The smallest absolute Gasteiger partial charge is 0.330 e. The van der Waals surface area contributed by atoms with Gasteiger partial charge in [0.05, 0.1) is 0 Å². The molecule has 120 valence electrons. The quantitative estimate of drug-likeness (QED) is 0.845. The molecule has 1 unspecified atom stereocenters. The zero-order valence-corrected chi connectivity index (χ0v) is 12.7. The number of aliphatic carboxylic acids is 1. The zero-order chi connectivity index (χ0) is 16.8. The number of aromatic nitrogens is 1. The van der Waals surface area contributed by atoms with Crippen molar-refractivity contribution in [2.24, 2.45) is 0 Å². The van der Waals surface area contributed by atoms with Crippen LogP contribution in [0.5, 0.6) is 0 Å². The van der Waals surface area contributed by atoms with E-state index >= 15 is 0 Å². The van der Waals surface area contributed by atoms with Crippen molar-refractivity contribution in [3.8, 4) is 0 Å². The minimum Gasteiger partial charge on any atom is -0.479 e. The molecule has 0 saturated carbocycles. The number of carbonyl (C=O) groups is 2. The molecule has 1 aromatic heterocycles. The number of benzene rings is 1. The van der Waals surface area contributed by atoms with Gasteiger partial charge >= 0.3 is 5.97 Å². The molecular formula is C17H18N2O4. The number of nitrogens with zero attached hydrogens (tertiary/aromatic N) is 1. The van der Waals surface area contributed by atoms with Crippen LogP contribution in [-0.4, -0.2) is 21.6 Å². The monoisotopic (exact) mass is 314 g/mol. The topological polar surface area (TPSA) is 88.4 Å². The minimum absolute atomic E-state index is 0.0278. The zero-order valence-electron chi connectivity index (χ0n) is 12.7. The molecule has 0 fully saturated rings. The number of hydrogen-bond acceptors (Lipinski definition) is 3. The second-order valence-electron chi connectivity index (χ2n) is 5.19. The van der Waals surface area contributed by atoms with Gasteiger partial charge in [0.25, 0.3) is 5.56 Å². The predicted molar refractivity (Wildman–Crippen MR) is 85.0 cm³/mol. The summed E-state index contributed by atoms with van der Waals surface area (Å²) < 4.78 is 1.44. The third-order valence-electron chi connectivity index (χ3n) is 3.48. The Bertz CT molecular complexity index is 753. The van der Waals surface area contributed by atoms with E-state index < -0.39 is 17.9 Å². The average molecular weight is 314 g/mol. The normalized spacial score (nSPS) is 11.7. The van der Waals surface area contributed by atoms with E-state index in [9.17, 15) is 19.5 Å². The first-order chi connectivity index (χ1) is 11.0. The molecule has 1 aromatic carbocycles. The maximum atomic E-state index is 12.0. The van der Waals surface area contributed by atoms with Gasteiger partial charge < -0.3 is 15.0 Å². The number of carbonyl (C=O) groups excluding carboxylic acids is 1. The molecule has 0 saturated heterocycles. The van der Waals surface area contributed by atoms with Gasteiger partial charge in [-0.15, -0.1) is 0 Å². The molecule has 2 rings (SSSR count). The molecule has 2 N–H and O–H groups in total. The highest BCUT2D eigenvalue weighted by atomic mass is 16.4. The molecule has 6 nitrogen and oxygen atoms in total. The number of amides is 1. The van der Waals surface area contributed by atoms with Crippen LogP contribution in [-0.2, 0) is 16.1 Å². The maximum absolute atomic E-state index is 12.0. The second kappa shape index (κ2) is 7.40. The van der Waals surface area contributed by atoms with Crippen molar-refractivity contribution in [2.75, 3.05) is 0 Å². The van der Waals surface area contributed by atoms with Crippen LogP contribution in [0.3, 0.4) is 0 Å². The summed E-state index contributed by atoms with van der Waals surface area (Å²) in [5, 5.41) is 11.8. The molecule has 0 aliphatic carbocycles. The number of nitrogens with one attached hydrogen (secondary N) is 1. The highest BCUT2D eigenvalue weighted by Gasteiger charge is 2.21. The number of aryl methyl sites for hydroxylation is 2. The predicted octanol–water partition coefficient (Wildman–Crippen LogP) is 1.49. The van der Waals surface area contributed by atoms with Gasteiger partial charge in [-0.3, -0.25) is 9.59 Å². The fraction of sp³-hybridized carbons (Fsp3) is 0.235. The largest absolute Gasteiger partial charge is 0.479 e. The molecular weight excluding hydrogens is 296 g/mol. The summed E-state index contributed by atoms with van der Waals surface area (Å²) in [7, 11) is 0. The van der Waals surface area contributed by atoms with E-state index in [-0.39, 0.29) is 18.5 Å². The van der Waals surface area contributed by atoms with Gasteiger partial charge in [0.15, 0.2) is 6.04 Å². The van der Waals surface area contributed by atoms with Crippen LogP contribution in [0.25, 0.3) is 0 Å². The van der Waals surface area contributed by atoms with E-state index in [0.717, 1.165) is 0 Å². The summed E-state index contributed by atoms with van der Waals surface area (Å²) in [5.41, 5.74) is 0.944. The number of carboxylic acids is 1. The van der Waals surface area contributed by atoms with Crippen LogP contribution in [0.15, 0.2) is 53.5 Å². The van der Waals surface area contributed by atoms with Gasteiger partial charge in [0.2, 0.25) is 5.91 Å². The third kappa shape index (κ3) is 4.29. The molecule has 1 amide bonds. The molecule has 0 aliphatic heterocycles. The maximum Gasteiger partial charge on any atom is 0.330 e. The molecule has 6 heteroatoms. The van der Waals surface area contributed by atoms with Crippen molar-refractivity contribution >= 4 is 11.9 Å². The van der Waals surface area contributed by atoms with Crippen molar-refractivity contribution in [1.82, 2.24) is 9.88 Å². The fourth-order valence-electron chi connectivity index (χ4n) is 2.22. The standard InChI is InChI=1S/C17H18N2O4/c1-12-6-5-10-19(16(12)21)11-9-14(20)18-15(17(22)23)13-7-3-2-4-8-13/h2-8,10,15H,9,11H2,1H3,(H,18,20)(H,22,23). The Morgan fingerprint density at radius 1 is 1.17 bits per heavy atom. The molecule has 0 bridgehead atoms. The van der Waals surface area contributed by atoms with Gasteiger partial charge in [-0.1, -0.05) is 36.4 Å². The Balaban J connectivity index is 2.02. The van der Waals surface area contributed by atoms with E-state index in [0.29, 0.717) is 11.1 Å². The first-order valence-electron chi connectivity index (χ1n) is 7.22. The summed E-state index contributed by atoms with van der Waals surface area (Å²) in [6.45, 7) is 1.91. The number of pyridine rings is 1. The van der Waals surface area contributed by atoms with Crippen molar-refractivity contribution in [3.63, 3.8) is 0 Å². The van der Waals surface area contributed by atoms with Gasteiger partial charge in [-0.2, -0.15) is 0 Å². The van der Waals surface area contributed by atoms with Crippen molar-refractivity contribution in [2.45, 2.75) is 25.9 Å². The summed E-state index contributed by atoms with van der Waals surface area (Å²) >= 11 is 0. The lowest BCUT2D eigenvalue weighted by Gasteiger charge is -2.15. The first kappa shape index (κ1) is 16.5. The first-order valence-corrected chi connectivity index (χ1v) is 7.22. The molecule has 0 spiro atoms. The van der Waals surface area contributed by atoms with E-state index in [1.54, 1.807) is 55.6 Å². The molecule has 0 radical (unpaired) electrons. The Kier molecular flexibility index (Phi) is 5.30. The fourth-order valence-corrected chi connectivity index (χ4v) is 2.22. The van der Waals surface area contributed by atoms with Crippen molar-refractivity contribution < 1.29 is 14.7 Å². The summed E-state index contributed by atoms with van der Waals surface area (Å²) in [5.74, 6) is -1.55. The molecule has 23 heavy (non-hydrogen) atoms. The van der Waals surface area contributed by atoms with Crippen LogP contribution in [0, 0.1) is 6.92 Å². The summed E-state index contributed by atoms with van der Waals surface area (Å²) in [4.78, 5) is 35.2. The molecule has 2 aromatic rings. The van der Waals surface area contributed by atoms with Gasteiger partial charge in [0, 0.05) is 24.7 Å². The SMILES string of the molecule is Cc1cccn(CCC(=O)NC(C(=O)O)c2ccccc2)c1=O. The number of hydrogen-bond donors (Lipinski definition) is 2. The van der Waals surface area contributed by atoms with Crippen LogP contribution in [0.4, 0.5) is 0 Å². The molecule has 1 atom stereocenters. The second-order valence-corrected chi connectivity index (χ2v) is 5.19. The molecule has 0 aliphatic rings. The van der Waals surface area contributed by atoms with Crippen LogP contribution < -0.4 is 10.9 Å². The van der Waals surface area contributed by atoms with E-state index in [4.69, 9.17) is 0 Å². The van der Waals surface area contributed by atoms with E-state index in [1.807, 2.05) is 0 Å². The van der Waals surface area contributed by atoms with Crippen LogP contribution in [0.2, 0.25) is 0 Å². The number of carboxylic acid groups (broad SMARTS) is 1. The van der Waals surface area contributed by atoms with Gasteiger partial charge in [0.1, 0.15) is 0 Å². The Morgan fingerprint density at radius 2 is 1.87 bits per heavy atom. The highest BCUT2D eigenvalue weighted by Crippen LogP contribution is 2.12. The van der Waals surface area contributed by atoms with Crippen molar-refractivity contribution in [3.05, 3.63) is 70.1 Å². The van der Waals surface area contributed by atoms with Crippen LogP contribution >= 0.6 is 0 Å². The summed E-state index contributed by atoms with van der Waals surface area (Å²) in [6, 6.07) is 10.8. The third-order valence-corrected chi connectivity index (χ3v) is 3.48.